The first kappa shape index (κ1) is 23.4. The van der Waals surface area contributed by atoms with E-state index in [4.69, 9.17) is 14.2 Å². The monoisotopic (exact) mass is 486 g/mol. The molecular formula is C22H26N6O5S. The van der Waals surface area contributed by atoms with Crippen LogP contribution in [0.3, 0.4) is 0 Å². The summed E-state index contributed by atoms with van der Waals surface area (Å²) in [5, 5.41) is 15.1. The average molecular weight is 487 g/mol. The van der Waals surface area contributed by atoms with Crippen LogP contribution in [0.5, 0.6) is 17.2 Å². The Morgan fingerprint density at radius 2 is 1.74 bits per heavy atom. The molecule has 0 unspecified atom stereocenters. The van der Waals surface area contributed by atoms with Gasteiger partial charge in [0.1, 0.15) is 17.2 Å². The molecule has 4 rings (SSSR count). The predicted molar refractivity (Wildman–Crippen MR) is 127 cm³/mol. The normalized spacial score (nSPS) is 11.5. The lowest BCUT2D eigenvalue weighted by Gasteiger charge is -2.14. The van der Waals surface area contributed by atoms with E-state index >= 15 is 0 Å². The van der Waals surface area contributed by atoms with Crippen LogP contribution in [0.2, 0.25) is 0 Å². The number of hydrogen-bond acceptors (Lipinski definition) is 8. The quantitative estimate of drug-likeness (QED) is 0.311. The van der Waals surface area contributed by atoms with Crippen LogP contribution in [0.1, 0.15) is 11.1 Å². The highest BCUT2D eigenvalue weighted by Crippen LogP contribution is 2.37. The Morgan fingerprint density at radius 1 is 1.03 bits per heavy atom. The Balaban J connectivity index is 1.70. The minimum Gasteiger partial charge on any atom is -0.496 e. The summed E-state index contributed by atoms with van der Waals surface area (Å²) < 4.78 is 47.0. The molecule has 0 radical (unpaired) electrons. The smallest absolute Gasteiger partial charge is 0.270 e. The Kier molecular flexibility index (Phi) is 6.61. The number of rotatable bonds is 10. The number of ether oxygens (including phenoxy) is 3. The number of hydrogen-bond donors (Lipinski definition) is 3. The van der Waals surface area contributed by atoms with Gasteiger partial charge in [-0.25, -0.2) is 8.42 Å². The van der Waals surface area contributed by atoms with Crippen molar-refractivity contribution in [2.75, 3.05) is 33.1 Å². The summed E-state index contributed by atoms with van der Waals surface area (Å²) in [5.74, 6) is 0.867. The Bertz CT molecular complexity index is 1390. The second kappa shape index (κ2) is 9.61. The lowest BCUT2D eigenvalue weighted by molar-refractivity contribution is 0.373. The van der Waals surface area contributed by atoms with Crippen molar-refractivity contribution in [3.8, 4) is 17.2 Å². The first-order valence-electron chi connectivity index (χ1n) is 10.3. The van der Waals surface area contributed by atoms with Crippen LogP contribution >= 0.6 is 0 Å². The number of benzene rings is 2. The first-order valence-corrected chi connectivity index (χ1v) is 11.8. The molecule has 0 amide bonds. The molecule has 2 heterocycles. The SMILES string of the molecule is CNCc1cnn(Cc2cc(OC)c3c(NS(=O)(=O)c4c(OC)cccc4OC)n[nH]c3c2)c1. The number of nitrogens with one attached hydrogen (secondary N) is 3. The molecule has 180 valence electrons. The van der Waals surface area contributed by atoms with Crippen molar-refractivity contribution in [1.29, 1.82) is 0 Å². The molecule has 0 saturated carbocycles. The van der Waals surface area contributed by atoms with Gasteiger partial charge in [-0.15, -0.1) is 0 Å². The van der Waals surface area contributed by atoms with E-state index in [1.807, 2.05) is 36.3 Å². The summed E-state index contributed by atoms with van der Waals surface area (Å²) in [4.78, 5) is -0.122. The third kappa shape index (κ3) is 4.50. The van der Waals surface area contributed by atoms with Crippen LogP contribution in [0.4, 0.5) is 5.82 Å². The minimum absolute atomic E-state index is 0.0988. The van der Waals surface area contributed by atoms with Gasteiger partial charge in [0.25, 0.3) is 10.0 Å². The maximum atomic E-state index is 13.3. The molecule has 11 nitrogen and oxygen atoms in total. The highest BCUT2D eigenvalue weighted by atomic mass is 32.2. The van der Waals surface area contributed by atoms with Crippen LogP contribution in [0, 0.1) is 0 Å². The van der Waals surface area contributed by atoms with Crippen molar-refractivity contribution in [2.24, 2.45) is 0 Å². The summed E-state index contributed by atoms with van der Waals surface area (Å²) in [6.07, 6.45) is 3.77. The molecule has 0 saturated heterocycles. The minimum atomic E-state index is -4.10. The van der Waals surface area contributed by atoms with Gasteiger partial charge in [-0.2, -0.15) is 10.2 Å². The van der Waals surface area contributed by atoms with Crippen LogP contribution in [0.15, 0.2) is 47.6 Å². The van der Waals surface area contributed by atoms with Crippen LogP contribution < -0.4 is 24.2 Å². The molecule has 0 bridgehead atoms. The van der Waals surface area contributed by atoms with E-state index < -0.39 is 10.0 Å². The summed E-state index contributed by atoms with van der Waals surface area (Å²) in [6, 6.07) is 8.45. The van der Waals surface area contributed by atoms with Gasteiger partial charge < -0.3 is 19.5 Å². The van der Waals surface area contributed by atoms with E-state index in [9.17, 15) is 8.42 Å². The third-order valence-electron chi connectivity index (χ3n) is 5.20. The largest absolute Gasteiger partial charge is 0.496 e. The van der Waals surface area contributed by atoms with E-state index in [0.29, 0.717) is 23.2 Å². The van der Waals surface area contributed by atoms with Crippen LogP contribution in [-0.2, 0) is 23.1 Å². The molecule has 2 aromatic carbocycles. The van der Waals surface area contributed by atoms with Gasteiger partial charge in [-0.1, -0.05) is 6.07 Å². The number of sulfonamides is 1. The van der Waals surface area contributed by atoms with Crippen molar-refractivity contribution < 1.29 is 22.6 Å². The lowest BCUT2D eigenvalue weighted by atomic mass is 10.1. The maximum absolute atomic E-state index is 13.3. The fourth-order valence-corrected chi connectivity index (χ4v) is 5.08. The number of methoxy groups -OCH3 is 3. The zero-order valence-corrected chi connectivity index (χ0v) is 20.1. The number of H-pyrrole nitrogens is 1. The highest BCUT2D eigenvalue weighted by molar-refractivity contribution is 7.93. The van der Waals surface area contributed by atoms with Crippen molar-refractivity contribution in [3.63, 3.8) is 0 Å². The molecule has 2 aromatic heterocycles. The van der Waals surface area contributed by atoms with Crippen LogP contribution in [-0.4, -0.2) is 56.8 Å². The van der Waals surface area contributed by atoms with Crippen molar-refractivity contribution in [2.45, 2.75) is 18.0 Å². The fourth-order valence-electron chi connectivity index (χ4n) is 3.74. The van der Waals surface area contributed by atoms with E-state index in [-0.39, 0.29) is 22.2 Å². The summed E-state index contributed by atoms with van der Waals surface area (Å²) in [7, 11) is 2.08. The predicted octanol–water partition coefficient (Wildman–Crippen LogP) is 2.35. The Labute approximate surface area is 197 Å². The number of fused-ring (bicyclic) bond motifs is 1. The number of anilines is 1. The zero-order chi connectivity index (χ0) is 24.3. The Hall–Kier alpha value is -3.77. The van der Waals surface area contributed by atoms with Crippen LogP contribution in [0.25, 0.3) is 10.9 Å². The molecule has 4 aromatic rings. The molecule has 12 heteroatoms. The molecule has 34 heavy (non-hydrogen) atoms. The highest BCUT2D eigenvalue weighted by Gasteiger charge is 2.27. The second-order valence-corrected chi connectivity index (χ2v) is 9.09. The fraction of sp³-hybridized carbons (Fsp3) is 0.273. The lowest BCUT2D eigenvalue weighted by Crippen LogP contribution is -2.16. The van der Waals surface area contributed by atoms with Gasteiger partial charge in [0.2, 0.25) is 0 Å². The van der Waals surface area contributed by atoms with E-state index in [1.54, 1.807) is 18.2 Å². The molecule has 0 aliphatic carbocycles. The van der Waals surface area contributed by atoms with E-state index in [1.165, 1.54) is 21.3 Å². The van der Waals surface area contributed by atoms with Crippen molar-refractivity contribution in [1.82, 2.24) is 25.3 Å². The first-order chi connectivity index (χ1) is 16.4. The molecule has 3 N–H and O–H groups in total. The summed E-state index contributed by atoms with van der Waals surface area (Å²) in [5.41, 5.74) is 2.59. The maximum Gasteiger partial charge on any atom is 0.270 e. The summed E-state index contributed by atoms with van der Waals surface area (Å²) in [6.45, 7) is 1.23. The molecule has 0 aliphatic heterocycles. The van der Waals surface area contributed by atoms with Gasteiger partial charge in [0, 0.05) is 18.3 Å². The summed E-state index contributed by atoms with van der Waals surface area (Å²) >= 11 is 0. The van der Waals surface area contributed by atoms with Gasteiger partial charge in [0.05, 0.1) is 45.0 Å². The standard InChI is InChI=1S/C22H26N6O5S/c1-23-10-15-11-24-28(13-15)12-14-8-16-20(19(9-14)33-4)22(26-25-16)27-34(29,30)21-17(31-2)6-5-7-18(21)32-3/h5-9,11,13,23H,10,12H2,1-4H3,(H2,25,26,27). The molecule has 0 atom stereocenters. The van der Waals surface area contributed by atoms with Gasteiger partial charge in [-0.05, 0) is 36.9 Å². The molecule has 0 aliphatic rings. The van der Waals surface area contributed by atoms with Crippen molar-refractivity contribution in [3.05, 3.63) is 53.9 Å². The molecular weight excluding hydrogens is 460 g/mol. The number of aromatic nitrogens is 4. The van der Waals surface area contributed by atoms with E-state index in [2.05, 4.69) is 25.3 Å². The number of aromatic amines is 1. The van der Waals surface area contributed by atoms with Gasteiger partial charge in [-0.3, -0.25) is 14.5 Å². The Morgan fingerprint density at radius 3 is 2.38 bits per heavy atom. The molecule has 0 spiro atoms. The van der Waals surface area contributed by atoms with Gasteiger partial charge in [0.15, 0.2) is 10.7 Å². The molecule has 0 fully saturated rings. The average Bonchev–Trinajstić information content (AvgIpc) is 3.44. The second-order valence-electron chi connectivity index (χ2n) is 7.47. The topological polar surface area (TPSA) is 132 Å². The third-order valence-corrected chi connectivity index (χ3v) is 6.60. The zero-order valence-electron chi connectivity index (χ0n) is 19.2. The van der Waals surface area contributed by atoms with Gasteiger partial charge >= 0.3 is 0 Å². The van der Waals surface area contributed by atoms with Crippen molar-refractivity contribution >= 4 is 26.7 Å². The van der Waals surface area contributed by atoms with E-state index in [0.717, 1.165) is 17.7 Å². The number of nitrogens with zero attached hydrogens (tertiary/aromatic N) is 3.